The Morgan fingerprint density at radius 3 is 2.56 bits per heavy atom. The molecule has 1 saturated heterocycles. The highest BCUT2D eigenvalue weighted by Crippen LogP contribution is 2.36. The summed E-state index contributed by atoms with van der Waals surface area (Å²) in [6.07, 6.45) is 9.90. The van der Waals surface area contributed by atoms with Gasteiger partial charge in [-0.1, -0.05) is 32.1 Å². The standard InChI is InChI=1S/C14H27NO/c1-12-10-14(16,8-9-15(12)2)11-13-6-4-3-5-7-13/h12-13,16H,3-11H2,1-2H3. The number of piperidine rings is 1. The molecule has 2 fully saturated rings. The maximum Gasteiger partial charge on any atom is 0.0677 e. The van der Waals surface area contributed by atoms with Crippen LogP contribution >= 0.6 is 0 Å². The highest BCUT2D eigenvalue weighted by Gasteiger charge is 2.36. The van der Waals surface area contributed by atoms with Gasteiger partial charge in [-0.2, -0.15) is 0 Å². The maximum absolute atomic E-state index is 10.7. The zero-order valence-corrected chi connectivity index (χ0v) is 10.9. The Balaban J connectivity index is 1.87. The van der Waals surface area contributed by atoms with E-state index < -0.39 is 0 Å². The number of hydrogen-bond acceptors (Lipinski definition) is 2. The molecule has 1 heterocycles. The second kappa shape index (κ2) is 5.05. The molecule has 0 aromatic rings. The third kappa shape index (κ3) is 2.98. The van der Waals surface area contributed by atoms with E-state index in [0.717, 1.165) is 31.7 Å². The molecule has 0 bridgehead atoms. The number of hydrogen-bond donors (Lipinski definition) is 1. The Morgan fingerprint density at radius 1 is 1.25 bits per heavy atom. The van der Waals surface area contributed by atoms with Crippen LogP contribution in [0.4, 0.5) is 0 Å². The van der Waals surface area contributed by atoms with E-state index in [4.69, 9.17) is 0 Å². The molecule has 1 aliphatic carbocycles. The molecule has 2 atom stereocenters. The highest BCUT2D eigenvalue weighted by atomic mass is 16.3. The van der Waals surface area contributed by atoms with E-state index in [0.29, 0.717) is 6.04 Å². The van der Waals surface area contributed by atoms with Gasteiger partial charge in [-0.3, -0.25) is 0 Å². The van der Waals surface area contributed by atoms with E-state index in [1.54, 1.807) is 0 Å². The van der Waals surface area contributed by atoms with E-state index in [-0.39, 0.29) is 5.60 Å². The van der Waals surface area contributed by atoms with Gasteiger partial charge in [-0.05, 0) is 39.2 Å². The summed E-state index contributed by atoms with van der Waals surface area (Å²) >= 11 is 0. The summed E-state index contributed by atoms with van der Waals surface area (Å²) in [7, 11) is 2.17. The first kappa shape index (κ1) is 12.4. The monoisotopic (exact) mass is 225 g/mol. The van der Waals surface area contributed by atoms with E-state index in [9.17, 15) is 5.11 Å². The van der Waals surface area contributed by atoms with E-state index in [1.165, 1.54) is 32.1 Å². The Labute approximate surface area is 100 Å². The van der Waals surface area contributed by atoms with Crippen molar-refractivity contribution in [3.8, 4) is 0 Å². The van der Waals surface area contributed by atoms with Gasteiger partial charge in [-0.15, -0.1) is 0 Å². The lowest BCUT2D eigenvalue weighted by Crippen LogP contribution is -2.48. The molecule has 1 saturated carbocycles. The SMILES string of the molecule is CC1CC(O)(CC2CCCCC2)CCN1C. The van der Waals surface area contributed by atoms with Crippen molar-refractivity contribution in [3.05, 3.63) is 0 Å². The van der Waals surface area contributed by atoms with Crippen LogP contribution in [0.5, 0.6) is 0 Å². The van der Waals surface area contributed by atoms with Gasteiger partial charge in [0.2, 0.25) is 0 Å². The van der Waals surface area contributed by atoms with Crippen molar-refractivity contribution in [2.24, 2.45) is 5.92 Å². The first-order valence-electron chi connectivity index (χ1n) is 7.02. The van der Waals surface area contributed by atoms with Crippen LogP contribution in [0.3, 0.4) is 0 Å². The fourth-order valence-corrected chi connectivity index (χ4v) is 3.53. The molecule has 2 rings (SSSR count). The van der Waals surface area contributed by atoms with Gasteiger partial charge in [0.25, 0.3) is 0 Å². The molecule has 0 radical (unpaired) electrons. The minimum absolute atomic E-state index is 0.353. The molecule has 1 aliphatic heterocycles. The normalized spacial score (nSPS) is 38.8. The topological polar surface area (TPSA) is 23.5 Å². The second-order valence-corrected chi connectivity index (χ2v) is 6.22. The van der Waals surface area contributed by atoms with Crippen molar-refractivity contribution in [1.82, 2.24) is 4.90 Å². The average Bonchev–Trinajstić information content (AvgIpc) is 2.25. The highest BCUT2D eigenvalue weighted by molar-refractivity contribution is 4.91. The van der Waals surface area contributed by atoms with Crippen LogP contribution in [0.1, 0.15) is 58.3 Å². The van der Waals surface area contributed by atoms with Crippen molar-refractivity contribution >= 4 is 0 Å². The maximum atomic E-state index is 10.7. The fraction of sp³-hybridized carbons (Fsp3) is 1.00. The molecule has 16 heavy (non-hydrogen) atoms. The van der Waals surface area contributed by atoms with Gasteiger partial charge in [0.1, 0.15) is 0 Å². The number of likely N-dealkylation sites (tertiary alicyclic amines) is 1. The molecule has 0 amide bonds. The smallest absolute Gasteiger partial charge is 0.0677 e. The third-order valence-electron chi connectivity index (χ3n) is 4.75. The molecule has 2 aliphatic rings. The van der Waals surface area contributed by atoms with Crippen LogP contribution < -0.4 is 0 Å². The van der Waals surface area contributed by atoms with Crippen molar-refractivity contribution in [2.45, 2.75) is 69.9 Å². The van der Waals surface area contributed by atoms with Crippen LogP contribution in [-0.4, -0.2) is 35.2 Å². The molecule has 0 spiro atoms. The largest absolute Gasteiger partial charge is 0.390 e. The van der Waals surface area contributed by atoms with Crippen LogP contribution in [-0.2, 0) is 0 Å². The zero-order chi connectivity index (χ0) is 11.6. The van der Waals surface area contributed by atoms with Gasteiger partial charge >= 0.3 is 0 Å². The van der Waals surface area contributed by atoms with Crippen molar-refractivity contribution in [1.29, 1.82) is 0 Å². The van der Waals surface area contributed by atoms with Crippen molar-refractivity contribution in [2.75, 3.05) is 13.6 Å². The Bertz CT molecular complexity index is 225. The summed E-state index contributed by atoms with van der Waals surface area (Å²) < 4.78 is 0. The quantitative estimate of drug-likeness (QED) is 0.781. The van der Waals surface area contributed by atoms with Crippen LogP contribution in [0, 0.1) is 5.92 Å². The third-order valence-corrected chi connectivity index (χ3v) is 4.75. The molecule has 0 aromatic carbocycles. The second-order valence-electron chi connectivity index (χ2n) is 6.22. The lowest BCUT2D eigenvalue weighted by atomic mass is 9.76. The van der Waals surface area contributed by atoms with Crippen molar-refractivity contribution in [3.63, 3.8) is 0 Å². The molecule has 2 heteroatoms. The van der Waals surface area contributed by atoms with Crippen molar-refractivity contribution < 1.29 is 5.11 Å². The number of nitrogens with zero attached hydrogens (tertiary/aromatic N) is 1. The molecule has 0 aromatic heterocycles. The van der Waals surface area contributed by atoms with Gasteiger partial charge in [0, 0.05) is 12.6 Å². The van der Waals surface area contributed by atoms with Gasteiger partial charge in [0.15, 0.2) is 0 Å². The first-order chi connectivity index (χ1) is 7.59. The summed E-state index contributed by atoms with van der Waals surface area (Å²) in [6.45, 7) is 3.30. The van der Waals surface area contributed by atoms with Gasteiger partial charge in [0.05, 0.1) is 5.60 Å². The molecule has 2 unspecified atom stereocenters. The summed E-state index contributed by atoms with van der Waals surface area (Å²) in [5, 5.41) is 10.7. The Kier molecular flexibility index (Phi) is 3.91. The van der Waals surface area contributed by atoms with Gasteiger partial charge < -0.3 is 10.0 Å². The lowest BCUT2D eigenvalue weighted by Gasteiger charge is -2.43. The summed E-state index contributed by atoms with van der Waals surface area (Å²) in [5.74, 6) is 0.800. The first-order valence-corrected chi connectivity index (χ1v) is 7.02. The number of rotatable bonds is 2. The molecular weight excluding hydrogens is 198 g/mol. The van der Waals surface area contributed by atoms with Gasteiger partial charge in [-0.25, -0.2) is 0 Å². The average molecular weight is 225 g/mol. The predicted molar refractivity (Wildman–Crippen MR) is 67.5 cm³/mol. The molecule has 1 N–H and O–H groups in total. The minimum atomic E-state index is -0.353. The minimum Gasteiger partial charge on any atom is -0.390 e. The van der Waals surface area contributed by atoms with E-state index >= 15 is 0 Å². The summed E-state index contributed by atoms with van der Waals surface area (Å²) in [6, 6.07) is 0.544. The molecule has 2 nitrogen and oxygen atoms in total. The zero-order valence-electron chi connectivity index (χ0n) is 10.9. The summed E-state index contributed by atoms with van der Waals surface area (Å²) in [5.41, 5.74) is -0.353. The van der Waals surface area contributed by atoms with E-state index in [1.807, 2.05) is 0 Å². The molecule has 94 valence electrons. The van der Waals surface area contributed by atoms with E-state index in [2.05, 4.69) is 18.9 Å². The lowest BCUT2D eigenvalue weighted by molar-refractivity contribution is -0.0553. The van der Waals surface area contributed by atoms with Crippen LogP contribution in [0.25, 0.3) is 0 Å². The Morgan fingerprint density at radius 2 is 1.94 bits per heavy atom. The summed E-state index contributed by atoms with van der Waals surface area (Å²) in [4.78, 5) is 2.37. The van der Waals surface area contributed by atoms with Crippen LogP contribution in [0.15, 0.2) is 0 Å². The molecular formula is C14H27NO. The predicted octanol–water partition coefficient (Wildman–Crippen LogP) is 2.80. The fourth-order valence-electron chi connectivity index (χ4n) is 3.53. The number of aliphatic hydroxyl groups is 1. The van der Waals surface area contributed by atoms with Crippen LogP contribution in [0.2, 0.25) is 0 Å². The Hall–Kier alpha value is -0.0800.